The molecule has 0 saturated heterocycles. The van der Waals surface area contributed by atoms with Gasteiger partial charge in [0.05, 0.1) is 0 Å². The quantitative estimate of drug-likeness (QED) is 0.593. The van der Waals surface area contributed by atoms with Gasteiger partial charge in [-0.15, -0.1) is 0 Å². The second-order valence-corrected chi connectivity index (χ2v) is 6.38. The summed E-state index contributed by atoms with van der Waals surface area (Å²) >= 11 is 0. The zero-order chi connectivity index (χ0) is 11.2. The van der Waals surface area contributed by atoms with Gasteiger partial charge in [-0.3, -0.25) is 4.79 Å². The topological polar surface area (TPSA) is 17.1 Å². The molecule has 1 spiro atoms. The third-order valence-corrected chi connectivity index (χ3v) is 5.10. The molecule has 2 saturated carbocycles. The first-order chi connectivity index (χ1) is 6.95. The lowest BCUT2D eigenvalue weighted by Crippen LogP contribution is -2.38. The molecule has 4 unspecified atom stereocenters. The molecule has 2 rings (SSSR count). The van der Waals surface area contributed by atoms with E-state index < -0.39 is 0 Å². The van der Waals surface area contributed by atoms with Crippen molar-refractivity contribution in [2.75, 3.05) is 0 Å². The van der Waals surface area contributed by atoms with E-state index in [2.05, 4.69) is 27.7 Å². The van der Waals surface area contributed by atoms with Crippen molar-refractivity contribution in [2.45, 2.75) is 53.4 Å². The fourth-order valence-corrected chi connectivity index (χ4v) is 4.42. The minimum absolute atomic E-state index is 0.317. The number of hydrogen-bond acceptors (Lipinski definition) is 1. The minimum Gasteiger partial charge on any atom is -0.299 e. The Morgan fingerprint density at radius 2 is 1.60 bits per heavy atom. The maximum absolute atomic E-state index is 11.9. The summed E-state index contributed by atoms with van der Waals surface area (Å²) in [7, 11) is 0. The molecule has 2 fully saturated rings. The van der Waals surface area contributed by atoms with Gasteiger partial charge >= 0.3 is 0 Å². The first-order valence-electron chi connectivity index (χ1n) is 6.48. The Kier molecular flexibility index (Phi) is 2.68. The molecule has 15 heavy (non-hydrogen) atoms. The number of carbonyl (C=O) groups excluding carboxylic acids is 1. The highest BCUT2D eigenvalue weighted by Gasteiger charge is 2.52. The van der Waals surface area contributed by atoms with E-state index in [1.165, 1.54) is 19.3 Å². The van der Waals surface area contributed by atoms with Gasteiger partial charge < -0.3 is 0 Å². The summed E-state index contributed by atoms with van der Waals surface area (Å²) in [6, 6.07) is 0. The summed E-state index contributed by atoms with van der Waals surface area (Å²) in [5, 5.41) is 0. The van der Waals surface area contributed by atoms with E-state index in [4.69, 9.17) is 0 Å². The van der Waals surface area contributed by atoms with Crippen LogP contribution < -0.4 is 0 Å². The van der Waals surface area contributed by atoms with Gasteiger partial charge in [-0.2, -0.15) is 0 Å². The molecule has 2 aliphatic carbocycles. The standard InChI is InChI=1S/C14H24O/c1-9-5-10(2)8-14(7-9)11(3)6-13(15)12(14)4/h9-12H,5-8H2,1-4H3. The molecule has 2 aliphatic rings. The first kappa shape index (κ1) is 11.2. The van der Waals surface area contributed by atoms with Gasteiger partial charge in [-0.1, -0.05) is 27.7 Å². The number of carbonyl (C=O) groups is 1. The van der Waals surface area contributed by atoms with E-state index in [1.54, 1.807) is 0 Å². The van der Waals surface area contributed by atoms with Crippen molar-refractivity contribution in [3.8, 4) is 0 Å². The minimum atomic E-state index is 0.317. The highest BCUT2D eigenvalue weighted by molar-refractivity contribution is 5.84. The molecule has 86 valence electrons. The molecule has 0 aromatic heterocycles. The molecular weight excluding hydrogens is 184 g/mol. The normalized spacial score (nSPS) is 51.3. The average Bonchev–Trinajstić information content (AvgIpc) is 2.30. The predicted octanol–water partition coefficient (Wildman–Crippen LogP) is 3.67. The molecule has 0 radical (unpaired) electrons. The second kappa shape index (κ2) is 3.61. The first-order valence-corrected chi connectivity index (χ1v) is 6.48. The van der Waals surface area contributed by atoms with Crippen LogP contribution in [0, 0.1) is 29.1 Å². The fourth-order valence-electron chi connectivity index (χ4n) is 4.42. The Bertz CT molecular complexity index is 259. The van der Waals surface area contributed by atoms with Gasteiger partial charge in [0.15, 0.2) is 0 Å². The number of rotatable bonds is 0. The van der Waals surface area contributed by atoms with Crippen LogP contribution in [0.2, 0.25) is 0 Å². The maximum Gasteiger partial charge on any atom is 0.136 e. The van der Waals surface area contributed by atoms with E-state index in [9.17, 15) is 4.79 Å². The fraction of sp³-hybridized carbons (Fsp3) is 0.929. The van der Waals surface area contributed by atoms with E-state index in [0.717, 1.165) is 18.3 Å². The van der Waals surface area contributed by atoms with Gasteiger partial charge in [0.1, 0.15) is 5.78 Å². The number of hydrogen-bond donors (Lipinski definition) is 0. The van der Waals surface area contributed by atoms with Crippen molar-refractivity contribution < 1.29 is 4.79 Å². The Labute approximate surface area is 93.6 Å². The van der Waals surface area contributed by atoms with Crippen LogP contribution in [0.15, 0.2) is 0 Å². The molecule has 4 atom stereocenters. The Morgan fingerprint density at radius 1 is 1.07 bits per heavy atom. The van der Waals surface area contributed by atoms with Crippen molar-refractivity contribution in [3.63, 3.8) is 0 Å². The van der Waals surface area contributed by atoms with Crippen molar-refractivity contribution >= 4 is 5.78 Å². The molecular formula is C14H24O. The largest absolute Gasteiger partial charge is 0.299 e. The van der Waals surface area contributed by atoms with Gasteiger partial charge in [-0.25, -0.2) is 0 Å². The second-order valence-electron chi connectivity index (χ2n) is 6.38. The smallest absolute Gasteiger partial charge is 0.136 e. The van der Waals surface area contributed by atoms with Crippen LogP contribution in [0.25, 0.3) is 0 Å². The summed E-state index contributed by atoms with van der Waals surface area (Å²) in [5.41, 5.74) is 0.355. The van der Waals surface area contributed by atoms with Gasteiger partial charge in [0.2, 0.25) is 0 Å². The molecule has 1 heteroatoms. The van der Waals surface area contributed by atoms with Crippen molar-refractivity contribution in [3.05, 3.63) is 0 Å². The average molecular weight is 208 g/mol. The molecule has 0 aromatic carbocycles. The Balaban J connectivity index is 2.27. The summed E-state index contributed by atoms with van der Waals surface area (Å²) < 4.78 is 0. The van der Waals surface area contributed by atoms with Gasteiger partial charge in [0, 0.05) is 12.3 Å². The molecule has 0 N–H and O–H groups in total. The van der Waals surface area contributed by atoms with E-state index in [0.29, 0.717) is 23.0 Å². The molecule has 0 bridgehead atoms. The van der Waals surface area contributed by atoms with Crippen LogP contribution in [0.5, 0.6) is 0 Å². The summed E-state index contributed by atoms with van der Waals surface area (Å²) in [6.45, 7) is 9.20. The van der Waals surface area contributed by atoms with E-state index in [1.807, 2.05) is 0 Å². The summed E-state index contributed by atoms with van der Waals surface area (Å²) in [5.74, 6) is 3.07. The van der Waals surface area contributed by atoms with E-state index >= 15 is 0 Å². The molecule has 0 heterocycles. The van der Waals surface area contributed by atoms with Gasteiger partial charge in [0.25, 0.3) is 0 Å². The molecule has 1 nitrogen and oxygen atoms in total. The van der Waals surface area contributed by atoms with Crippen molar-refractivity contribution in [2.24, 2.45) is 29.1 Å². The van der Waals surface area contributed by atoms with Crippen LogP contribution in [-0.4, -0.2) is 5.78 Å². The molecule has 0 amide bonds. The Hall–Kier alpha value is -0.330. The molecule has 0 aromatic rings. The van der Waals surface area contributed by atoms with E-state index in [-0.39, 0.29) is 0 Å². The zero-order valence-corrected chi connectivity index (χ0v) is 10.5. The van der Waals surface area contributed by atoms with Crippen LogP contribution in [0.4, 0.5) is 0 Å². The lowest BCUT2D eigenvalue weighted by atomic mass is 9.59. The Morgan fingerprint density at radius 3 is 2.00 bits per heavy atom. The van der Waals surface area contributed by atoms with Crippen LogP contribution in [-0.2, 0) is 4.79 Å². The zero-order valence-electron chi connectivity index (χ0n) is 10.5. The van der Waals surface area contributed by atoms with Gasteiger partial charge in [-0.05, 0) is 42.4 Å². The van der Waals surface area contributed by atoms with Crippen molar-refractivity contribution in [1.29, 1.82) is 0 Å². The number of Topliss-reactive ketones (excluding diaryl/α,β-unsaturated/α-hetero) is 1. The summed E-state index contributed by atoms with van der Waals surface area (Å²) in [6.07, 6.45) is 4.76. The van der Waals surface area contributed by atoms with Crippen LogP contribution in [0.3, 0.4) is 0 Å². The van der Waals surface area contributed by atoms with Crippen molar-refractivity contribution in [1.82, 2.24) is 0 Å². The maximum atomic E-state index is 11.9. The molecule has 0 aliphatic heterocycles. The van der Waals surface area contributed by atoms with Crippen LogP contribution in [0.1, 0.15) is 53.4 Å². The lowest BCUT2D eigenvalue weighted by molar-refractivity contribution is -0.122. The third kappa shape index (κ3) is 1.64. The van der Waals surface area contributed by atoms with Crippen LogP contribution >= 0.6 is 0 Å². The SMILES string of the molecule is CC1CC(C)CC2(C1)C(C)CC(=O)C2C. The third-order valence-electron chi connectivity index (χ3n) is 5.10. The highest BCUT2D eigenvalue weighted by atomic mass is 16.1. The monoisotopic (exact) mass is 208 g/mol. The predicted molar refractivity (Wildman–Crippen MR) is 62.6 cm³/mol. The number of ketones is 1. The summed E-state index contributed by atoms with van der Waals surface area (Å²) in [4.78, 5) is 11.9. The highest BCUT2D eigenvalue weighted by Crippen LogP contribution is 2.57. The lowest BCUT2D eigenvalue weighted by Gasteiger charge is -2.45.